The average Bonchev–Trinajstić information content (AvgIpc) is 2.72. The van der Waals surface area contributed by atoms with E-state index >= 15 is 0 Å². The number of fused-ring (bicyclic) bond motifs is 1. The normalized spacial score (nSPS) is 16.0. The molecule has 0 spiro atoms. The number of benzene rings is 2. The highest BCUT2D eigenvalue weighted by atomic mass is 32.2. The van der Waals surface area contributed by atoms with Gasteiger partial charge < -0.3 is 14.8 Å². The summed E-state index contributed by atoms with van der Waals surface area (Å²) in [6, 6.07) is 12.6. The predicted molar refractivity (Wildman–Crippen MR) is 112 cm³/mol. The van der Waals surface area contributed by atoms with Crippen molar-refractivity contribution in [3.05, 3.63) is 53.6 Å². The number of rotatable bonds is 7. The first kappa shape index (κ1) is 21.0. The molecule has 0 saturated carbocycles. The minimum absolute atomic E-state index is 0.0561. The molecule has 1 aliphatic rings. The van der Waals surface area contributed by atoms with Gasteiger partial charge in [-0.1, -0.05) is 18.2 Å². The van der Waals surface area contributed by atoms with Gasteiger partial charge in [-0.05, 0) is 56.2 Å². The van der Waals surface area contributed by atoms with Crippen molar-refractivity contribution in [2.45, 2.75) is 26.9 Å². The minimum Gasteiger partial charge on any atom is -0.492 e. The highest BCUT2D eigenvalue weighted by Crippen LogP contribution is 2.35. The van der Waals surface area contributed by atoms with E-state index in [9.17, 15) is 13.2 Å². The van der Waals surface area contributed by atoms with Gasteiger partial charge in [0.25, 0.3) is 5.91 Å². The van der Waals surface area contributed by atoms with E-state index in [1.165, 1.54) is 9.87 Å². The summed E-state index contributed by atoms with van der Waals surface area (Å²) >= 11 is 0. The number of amides is 1. The lowest BCUT2D eigenvalue weighted by Crippen LogP contribution is -2.51. The molecular formula is C21H26N2O5S. The van der Waals surface area contributed by atoms with Gasteiger partial charge in [0, 0.05) is 0 Å². The molecule has 1 amide bonds. The second kappa shape index (κ2) is 8.73. The Morgan fingerprint density at radius 2 is 1.97 bits per heavy atom. The van der Waals surface area contributed by atoms with E-state index in [0.717, 1.165) is 11.3 Å². The predicted octanol–water partition coefficient (Wildman–Crippen LogP) is 2.42. The second-order valence-electron chi connectivity index (χ2n) is 6.89. The fourth-order valence-electron chi connectivity index (χ4n) is 3.02. The van der Waals surface area contributed by atoms with E-state index in [-0.39, 0.29) is 24.7 Å². The molecule has 0 aliphatic carbocycles. The van der Waals surface area contributed by atoms with Crippen LogP contribution in [0.15, 0.2) is 42.5 Å². The number of para-hydroxylation sites is 2. The molecule has 156 valence electrons. The van der Waals surface area contributed by atoms with Crippen LogP contribution in [-0.4, -0.2) is 45.9 Å². The average molecular weight is 419 g/mol. The molecule has 1 atom stereocenters. The number of anilines is 1. The molecule has 0 radical (unpaired) electrons. The van der Waals surface area contributed by atoms with Gasteiger partial charge in [-0.3, -0.25) is 9.10 Å². The third kappa shape index (κ3) is 4.82. The summed E-state index contributed by atoms with van der Waals surface area (Å²) in [4.78, 5) is 12.6. The SMILES string of the molecule is CCS(=O)(=O)N1CC(C(=O)NCCOc2ccc(C)c(C)c2)Oc2ccccc21. The van der Waals surface area contributed by atoms with Crippen molar-refractivity contribution in [2.75, 3.05) is 29.8 Å². The fourth-order valence-corrected chi connectivity index (χ4v) is 4.14. The lowest BCUT2D eigenvalue weighted by Gasteiger charge is -2.34. The Morgan fingerprint density at radius 1 is 1.21 bits per heavy atom. The van der Waals surface area contributed by atoms with Crippen LogP contribution in [0.3, 0.4) is 0 Å². The molecule has 1 heterocycles. The van der Waals surface area contributed by atoms with Gasteiger partial charge in [0.2, 0.25) is 10.0 Å². The van der Waals surface area contributed by atoms with E-state index in [1.54, 1.807) is 31.2 Å². The Kier molecular flexibility index (Phi) is 6.32. The van der Waals surface area contributed by atoms with Gasteiger partial charge in [-0.25, -0.2) is 8.42 Å². The van der Waals surface area contributed by atoms with Gasteiger partial charge in [0.05, 0.1) is 24.5 Å². The maximum absolute atomic E-state index is 12.6. The third-order valence-corrected chi connectivity index (χ3v) is 6.62. The summed E-state index contributed by atoms with van der Waals surface area (Å²) < 4.78 is 37.6. The summed E-state index contributed by atoms with van der Waals surface area (Å²) in [5.41, 5.74) is 2.78. The first-order chi connectivity index (χ1) is 13.8. The van der Waals surface area contributed by atoms with Crippen molar-refractivity contribution in [3.63, 3.8) is 0 Å². The van der Waals surface area contributed by atoms with Gasteiger partial charge in [-0.2, -0.15) is 0 Å². The Balaban J connectivity index is 1.60. The van der Waals surface area contributed by atoms with Crippen molar-refractivity contribution < 1.29 is 22.7 Å². The Labute approximate surface area is 171 Å². The molecule has 29 heavy (non-hydrogen) atoms. The van der Waals surface area contributed by atoms with E-state index < -0.39 is 16.1 Å². The van der Waals surface area contributed by atoms with Crippen molar-refractivity contribution in [2.24, 2.45) is 0 Å². The molecule has 3 rings (SSSR count). The molecule has 7 nitrogen and oxygen atoms in total. The van der Waals surface area contributed by atoms with Gasteiger partial charge in [0.1, 0.15) is 18.1 Å². The number of hydrogen-bond donors (Lipinski definition) is 1. The molecule has 2 aromatic carbocycles. The zero-order valence-corrected chi connectivity index (χ0v) is 17.7. The summed E-state index contributed by atoms with van der Waals surface area (Å²) in [6.07, 6.45) is -0.923. The summed E-state index contributed by atoms with van der Waals surface area (Å²) in [5, 5.41) is 2.76. The highest BCUT2D eigenvalue weighted by molar-refractivity contribution is 7.92. The first-order valence-corrected chi connectivity index (χ1v) is 11.2. The number of sulfonamides is 1. The van der Waals surface area contributed by atoms with Crippen LogP contribution in [0.2, 0.25) is 0 Å². The van der Waals surface area contributed by atoms with Crippen LogP contribution in [-0.2, 0) is 14.8 Å². The number of nitrogens with one attached hydrogen (secondary N) is 1. The topological polar surface area (TPSA) is 84.9 Å². The van der Waals surface area contributed by atoms with Gasteiger partial charge in [0.15, 0.2) is 6.10 Å². The maximum Gasteiger partial charge on any atom is 0.263 e. The summed E-state index contributed by atoms with van der Waals surface area (Å²) in [6.45, 7) is 6.15. The van der Waals surface area contributed by atoms with Gasteiger partial charge in [-0.15, -0.1) is 0 Å². The molecule has 8 heteroatoms. The first-order valence-electron chi connectivity index (χ1n) is 9.55. The number of hydrogen-bond acceptors (Lipinski definition) is 5. The lowest BCUT2D eigenvalue weighted by molar-refractivity contribution is -0.127. The molecule has 0 bridgehead atoms. The largest absolute Gasteiger partial charge is 0.492 e. The number of ether oxygens (including phenoxy) is 2. The van der Waals surface area contributed by atoms with Crippen molar-refractivity contribution in [3.8, 4) is 11.5 Å². The number of nitrogens with zero attached hydrogens (tertiary/aromatic N) is 1. The minimum atomic E-state index is -3.52. The summed E-state index contributed by atoms with van der Waals surface area (Å²) in [5.74, 6) is 0.687. The molecule has 1 aliphatic heterocycles. The zero-order chi connectivity index (χ0) is 21.0. The van der Waals surface area contributed by atoms with Crippen molar-refractivity contribution >= 4 is 21.6 Å². The van der Waals surface area contributed by atoms with E-state index in [4.69, 9.17) is 9.47 Å². The van der Waals surface area contributed by atoms with Crippen LogP contribution in [0, 0.1) is 13.8 Å². The quantitative estimate of drug-likeness (QED) is 0.698. The molecule has 0 saturated heterocycles. The van der Waals surface area contributed by atoms with E-state index in [1.807, 2.05) is 32.0 Å². The van der Waals surface area contributed by atoms with Crippen molar-refractivity contribution in [1.82, 2.24) is 5.32 Å². The molecular weight excluding hydrogens is 392 g/mol. The number of carbonyl (C=O) groups is 1. The monoisotopic (exact) mass is 418 g/mol. The fraction of sp³-hybridized carbons (Fsp3) is 0.381. The van der Waals surface area contributed by atoms with Crippen LogP contribution in [0.1, 0.15) is 18.1 Å². The molecule has 0 fully saturated rings. The highest BCUT2D eigenvalue weighted by Gasteiger charge is 2.35. The van der Waals surface area contributed by atoms with E-state index in [2.05, 4.69) is 5.32 Å². The number of aryl methyl sites for hydroxylation is 2. The smallest absolute Gasteiger partial charge is 0.263 e. The van der Waals surface area contributed by atoms with Crippen molar-refractivity contribution in [1.29, 1.82) is 0 Å². The molecule has 2 aromatic rings. The van der Waals surface area contributed by atoms with E-state index in [0.29, 0.717) is 18.0 Å². The molecule has 1 unspecified atom stereocenters. The van der Waals surface area contributed by atoms with Crippen LogP contribution in [0.5, 0.6) is 11.5 Å². The Bertz CT molecular complexity index is 990. The standard InChI is InChI=1S/C21H26N2O5S/c1-4-29(25,26)23-14-20(28-19-8-6-5-7-18(19)23)21(24)22-11-12-27-17-10-9-15(2)16(3)13-17/h5-10,13,20H,4,11-12,14H2,1-3H3,(H,22,24). The number of carbonyl (C=O) groups excluding carboxylic acids is 1. The summed E-state index contributed by atoms with van der Waals surface area (Å²) in [7, 11) is -3.52. The van der Waals surface area contributed by atoms with Crippen LogP contribution < -0.4 is 19.1 Å². The molecule has 0 aromatic heterocycles. The Morgan fingerprint density at radius 3 is 2.69 bits per heavy atom. The maximum atomic E-state index is 12.6. The van der Waals surface area contributed by atoms with Crippen LogP contribution in [0.25, 0.3) is 0 Å². The van der Waals surface area contributed by atoms with Crippen LogP contribution in [0.4, 0.5) is 5.69 Å². The lowest BCUT2D eigenvalue weighted by atomic mass is 10.1. The zero-order valence-electron chi connectivity index (χ0n) is 16.8. The second-order valence-corrected chi connectivity index (χ2v) is 9.07. The molecule has 1 N–H and O–H groups in total. The third-order valence-electron chi connectivity index (χ3n) is 4.88. The van der Waals surface area contributed by atoms with Gasteiger partial charge >= 0.3 is 0 Å². The Hall–Kier alpha value is -2.74. The van der Waals surface area contributed by atoms with Crippen LogP contribution >= 0.6 is 0 Å².